The Labute approximate surface area is 85.3 Å². The third-order valence-electron chi connectivity index (χ3n) is 1.61. The zero-order chi connectivity index (χ0) is 9.14. The fourth-order valence-electron chi connectivity index (χ4n) is 0.910. The summed E-state index contributed by atoms with van der Waals surface area (Å²) in [4.78, 5) is 3.40. The molecule has 62 valence electrons. The van der Waals surface area contributed by atoms with Crippen molar-refractivity contribution in [2.24, 2.45) is 0 Å². The lowest BCUT2D eigenvalue weighted by Crippen LogP contribution is -1.87. The maximum absolute atomic E-state index is 6.85. The molecule has 1 aromatic rings. The maximum Gasteiger partial charge on any atom is 0.247 e. The molecule has 0 saturated carbocycles. The van der Waals surface area contributed by atoms with Crippen molar-refractivity contribution in [3.63, 3.8) is 0 Å². The highest BCUT2D eigenvalue weighted by molar-refractivity contribution is 9.10. The van der Waals surface area contributed by atoms with Crippen LogP contribution in [0.25, 0.3) is 4.85 Å². The topological polar surface area (TPSA) is 4.36 Å². The van der Waals surface area contributed by atoms with Gasteiger partial charge in [-0.15, -0.1) is 0 Å². The maximum atomic E-state index is 6.85. The van der Waals surface area contributed by atoms with Crippen LogP contribution in [0.5, 0.6) is 0 Å². The monoisotopic (exact) mass is 243 g/mol. The van der Waals surface area contributed by atoms with Gasteiger partial charge >= 0.3 is 0 Å². The minimum Gasteiger partial charge on any atom is -0.309 e. The predicted octanol–water partition coefficient (Wildman–Crippen LogP) is 4.08. The summed E-state index contributed by atoms with van der Waals surface area (Å²) in [5.41, 5.74) is 0.884. The van der Waals surface area contributed by atoms with E-state index in [9.17, 15) is 0 Å². The lowest BCUT2D eigenvalue weighted by molar-refractivity contribution is 0.961. The van der Waals surface area contributed by atoms with E-state index in [-0.39, 0.29) is 6.04 Å². The van der Waals surface area contributed by atoms with Gasteiger partial charge in [-0.05, 0) is 18.2 Å². The van der Waals surface area contributed by atoms with Crippen LogP contribution < -0.4 is 0 Å². The summed E-state index contributed by atoms with van der Waals surface area (Å²) in [6.45, 7) is 8.69. The van der Waals surface area contributed by atoms with Crippen LogP contribution in [0.15, 0.2) is 22.7 Å². The van der Waals surface area contributed by atoms with Gasteiger partial charge in [-0.25, -0.2) is 6.57 Å². The normalized spacial score (nSPS) is 12.2. The molecule has 1 atom stereocenters. The molecule has 0 bridgehead atoms. The Morgan fingerprint density at radius 3 is 2.75 bits per heavy atom. The molecule has 1 aromatic carbocycles. The van der Waals surface area contributed by atoms with E-state index >= 15 is 0 Å². The number of hydrogen-bond acceptors (Lipinski definition) is 0. The first-order chi connectivity index (χ1) is 5.65. The van der Waals surface area contributed by atoms with E-state index < -0.39 is 0 Å². The van der Waals surface area contributed by atoms with Gasteiger partial charge < -0.3 is 4.85 Å². The van der Waals surface area contributed by atoms with Gasteiger partial charge in [0.1, 0.15) is 0 Å². The summed E-state index contributed by atoms with van der Waals surface area (Å²) >= 11 is 9.24. The minimum atomic E-state index is -0.161. The van der Waals surface area contributed by atoms with Crippen LogP contribution >= 0.6 is 27.5 Å². The number of benzene rings is 1. The lowest BCUT2D eigenvalue weighted by atomic mass is 10.1. The third kappa shape index (κ3) is 2.00. The smallest absolute Gasteiger partial charge is 0.247 e. The van der Waals surface area contributed by atoms with Crippen LogP contribution in [0, 0.1) is 6.57 Å². The molecule has 0 saturated heterocycles. The number of halogens is 2. The predicted molar refractivity (Wildman–Crippen MR) is 54.2 cm³/mol. The molecule has 0 aliphatic rings. The molecule has 0 aliphatic carbocycles. The third-order valence-corrected chi connectivity index (χ3v) is 2.43. The Morgan fingerprint density at radius 1 is 1.58 bits per heavy atom. The Kier molecular flexibility index (Phi) is 3.13. The van der Waals surface area contributed by atoms with Crippen molar-refractivity contribution >= 4 is 27.5 Å². The standard InChI is InChI=1S/C9H7BrClN/c1-6(12-2)8-4-3-7(10)5-9(8)11/h3-6H,1H3. The van der Waals surface area contributed by atoms with Crippen molar-refractivity contribution in [3.8, 4) is 0 Å². The SMILES string of the molecule is [C-]#[N+]C(C)c1ccc(Br)cc1Cl. The molecule has 0 amide bonds. The van der Waals surface area contributed by atoms with Gasteiger partial charge in [0.25, 0.3) is 0 Å². The molecule has 0 heterocycles. The Hall–Kier alpha value is -0.520. The van der Waals surface area contributed by atoms with Crippen LogP contribution in [0.3, 0.4) is 0 Å². The van der Waals surface area contributed by atoms with Crippen molar-refractivity contribution in [2.75, 3.05) is 0 Å². The molecule has 0 N–H and O–H groups in total. The van der Waals surface area contributed by atoms with E-state index in [1.165, 1.54) is 0 Å². The van der Waals surface area contributed by atoms with E-state index in [4.69, 9.17) is 18.2 Å². The molecule has 12 heavy (non-hydrogen) atoms. The summed E-state index contributed by atoms with van der Waals surface area (Å²) in [7, 11) is 0. The van der Waals surface area contributed by atoms with E-state index in [1.807, 2.05) is 19.1 Å². The molecule has 1 nitrogen and oxygen atoms in total. The molecule has 1 unspecified atom stereocenters. The van der Waals surface area contributed by atoms with Crippen molar-refractivity contribution in [3.05, 3.63) is 44.7 Å². The Balaban J connectivity index is 3.11. The fourth-order valence-corrected chi connectivity index (χ4v) is 1.74. The van der Waals surface area contributed by atoms with E-state index in [0.29, 0.717) is 5.02 Å². The van der Waals surface area contributed by atoms with Gasteiger partial charge in [0.15, 0.2) is 0 Å². The highest BCUT2D eigenvalue weighted by atomic mass is 79.9. The second-order valence-corrected chi connectivity index (χ2v) is 3.79. The van der Waals surface area contributed by atoms with Crippen molar-refractivity contribution in [1.29, 1.82) is 0 Å². The second-order valence-electron chi connectivity index (χ2n) is 2.47. The zero-order valence-corrected chi connectivity index (χ0v) is 8.85. The largest absolute Gasteiger partial charge is 0.309 e. The van der Waals surface area contributed by atoms with E-state index in [1.54, 1.807) is 6.07 Å². The number of rotatable bonds is 1. The molecule has 3 heteroatoms. The van der Waals surface area contributed by atoms with Crippen LogP contribution in [-0.4, -0.2) is 0 Å². The second kappa shape index (κ2) is 3.93. The van der Waals surface area contributed by atoms with Crippen molar-refractivity contribution < 1.29 is 0 Å². The first kappa shape index (κ1) is 9.57. The van der Waals surface area contributed by atoms with E-state index in [2.05, 4.69) is 20.8 Å². The van der Waals surface area contributed by atoms with E-state index in [0.717, 1.165) is 10.0 Å². The molecule has 1 rings (SSSR count). The molecule has 0 fully saturated rings. The molecule has 0 spiro atoms. The average molecular weight is 245 g/mol. The summed E-state index contributed by atoms with van der Waals surface area (Å²) < 4.78 is 0.938. The first-order valence-corrected chi connectivity index (χ1v) is 4.63. The Morgan fingerprint density at radius 2 is 2.25 bits per heavy atom. The fraction of sp³-hybridized carbons (Fsp3) is 0.222. The van der Waals surface area contributed by atoms with Gasteiger partial charge in [0.2, 0.25) is 6.04 Å². The van der Waals surface area contributed by atoms with Crippen LogP contribution in [-0.2, 0) is 0 Å². The van der Waals surface area contributed by atoms with Gasteiger partial charge in [0.05, 0.1) is 10.6 Å². The number of hydrogen-bond donors (Lipinski definition) is 0. The highest BCUT2D eigenvalue weighted by Gasteiger charge is 2.12. The van der Waals surface area contributed by atoms with Crippen molar-refractivity contribution in [2.45, 2.75) is 13.0 Å². The Bertz CT molecular complexity index is 330. The van der Waals surface area contributed by atoms with Crippen LogP contribution in [0.4, 0.5) is 0 Å². The first-order valence-electron chi connectivity index (χ1n) is 3.46. The molecule has 0 aliphatic heterocycles. The quantitative estimate of drug-likeness (QED) is 0.656. The van der Waals surface area contributed by atoms with Crippen molar-refractivity contribution in [1.82, 2.24) is 0 Å². The zero-order valence-electron chi connectivity index (χ0n) is 6.51. The van der Waals surface area contributed by atoms with Gasteiger partial charge in [0, 0.05) is 11.4 Å². The minimum absolute atomic E-state index is 0.161. The lowest BCUT2D eigenvalue weighted by Gasteiger charge is -2.02. The van der Waals surface area contributed by atoms with Crippen LogP contribution in [0.1, 0.15) is 18.5 Å². The molecular formula is C9H7BrClN. The van der Waals surface area contributed by atoms with Crippen LogP contribution in [0.2, 0.25) is 5.02 Å². The molecule has 0 radical (unpaired) electrons. The molecular weight excluding hydrogens is 237 g/mol. The number of nitrogens with zero attached hydrogens (tertiary/aromatic N) is 1. The summed E-state index contributed by atoms with van der Waals surface area (Å²) in [6.07, 6.45) is 0. The summed E-state index contributed by atoms with van der Waals surface area (Å²) in [6, 6.07) is 5.40. The summed E-state index contributed by atoms with van der Waals surface area (Å²) in [5.74, 6) is 0. The highest BCUT2D eigenvalue weighted by Crippen LogP contribution is 2.27. The average Bonchev–Trinajstić information content (AvgIpc) is 2.03. The molecule has 0 aromatic heterocycles. The summed E-state index contributed by atoms with van der Waals surface area (Å²) in [5, 5.41) is 0.646. The van der Waals surface area contributed by atoms with Gasteiger partial charge in [-0.3, -0.25) is 0 Å². The van der Waals surface area contributed by atoms with Gasteiger partial charge in [-0.1, -0.05) is 27.5 Å². The van der Waals surface area contributed by atoms with Gasteiger partial charge in [-0.2, -0.15) is 0 Å².